The topological polar surface area (TPSA) is 74.7 Å². The quantitative estimate of drug-likeness (QED) is 0.830. The van der Waals surface area contributed by atoms with E-state index in [-0.39, 0.29) is 37.1 Å². The maximum Gasteiger partial charge on any atom is 0.303 e. The normalized spacial score (nSPS) is 15.9. The first-order valence-corrected chi connectivity index (χ1v) is 6.67. The molecule has 5 heteroatoms. The molecule has 5 nitrogen and oxygen atoms in total. The van der Waals surface area contributed by atoms with Gasteiger partial charge in [0.2, 0.25) is 5.91 Å². The third-order valence-electron chi connectivity index (χ3n) is 3.62. The van der Waals surface area contributed by atoms with Gasteiger partial charge in [0.15, 0.2) is 0 Å². The van der Waals surface area contributed by atoms with E-state index in [0.717, 1.165) is 5.56 Å². The Morgan fingerprint density at radius 1 is 1.35 bits per heavy atom. The largest absolute Gasteiger partial charge is 0.481 e. The van der Waals surface area contributed by atoms with Crippen molar-refractivity contribution in [2.24, 2.45) is 5.92 Å². The monoisotopic (exact) mass is 275 g/mol. The van der Waals surface area contributed by atoms with Crippen molar-refractivity contribution in [3.63, 3.8) is 0 Å². The number of fused-ring (bicyclic) bond motifs is 1. The number of carbonyl (C=O) groups excluding carboxylic acids is 2. The van der Waals surface area contributed by atoms with Crippen LogP contribution in [0.3, 0.4) is 0 Å². The highest BCUT2D eigenvalue weighted by molar-refractivity contribution is 6.09. The molecule has 0 fully saturated rings. The second-order valence-corrected chi connectivity index (χ2v) is 5.02. The zero-order valence-electron chi connectivity index (χ0n) is 11.3. The standard InChI is InChI=1S/C15H17NO4/c1-2-10(7-14(18)19)9-16-13(17)8-11-5-3-4-6-12(11)15(16)20/h3-6,10H,2,7-9H2,1H3,(H,18,19). The minimum Gasteiger partial charge on any atom is -0.481 e. The maximum atomic E-state index is 12.3. The number of rotatable bonds is 5. The van der Waals surface area contributed by atoms with Gasteiger partial charge in [-0.3, -0.25) is 19.3 Å². The average Bonchev–Trinajstić information content (AvgIpc) is 2.41. The van der Waals surface area contributed by atoms with Crippen LogP contribution in [0.4, 0.5) is 0 Å². The molecule has 0 aliphatic carbocycles. The summed E-state index contributed by atoms with van der Waals surface area (Å²) >= 11 is 0. The predicted octanol–water partition coefficient (Wildman–Crippen LogP) is 1.71. The Labute approximate surface area is 117 Å². The minimum atomic E-state index is -0.908. The van der Waals surface area contributed by atoms with Crippen LogP contribution in [0.1, 0.15) is 35.7 Å². The fraction of sp³-hybridized carbons (Fsp3) is 0.400. The average molecular weight is 275 g/mol. The Balaban J connectivity index is 2.19. The molecular weight excluding hydrogens is 258 g/mol. The summed E-state index contributed by atoms with van der Waals surface area (Å²) < 4.78 is 0. The van der Waals surface area contributed by atoms with Gasteiger partial charge in [0.05, 0.1) is 6.42 Å². The van der Waals surface area contributed by atoms with Crippen molar-refractivity contribution in [1.82, 2.24) is 4.90 Å². The molecule has 1 aliphatic rings. The van der Waals surface area contributed by atoms with Crippen molar-refractivity contribution in [1.29, 1.82) is 0 Å². The summed E-state index contributed by atoms with van der Waals surface area (Å²) in [5.41, 5.74) is 1.28. The van der Waals surface area contributed by atoms with Crippen LogP contribution in [0, 0.1) is 5.92 Å². The number of carboxylic acids is 1. The van der Waals surface area contributed by atoms with Crippen molar-refractivity contribution in [2.45, 2.75) is 26.2 Å². The molecular formula is C15H17NO4. The molecule has 1 atom stereocenters. The minimum absolute atomic E-state index is 0.0325. The first kappa shape index (κ1) is 14.2. The first-order valence-electron chi connectivity index (χ1n) is 6.67. The van der Waals surface area contributed by atoms with Crippen LogP contribution in [-0.4, -0.2) is 34.3 Å². The molecule has 0 saturated heterocycles. The second-order valence-electron chi connectivity index (χ2n) is 5.02. The smallest absolute Gasteiger partial charge is 0.303 e. The number of carbonyl (C=O) groups is 3. The van der Waals surface area contributed by atoms with Crippen LogP contribution in [0.15, 0.2) is 24.3 Å². The Kier molecular flexibility index (Phi) is 4.17. The Morgan fingerprint density at radius 3 is 2.70 bits per heavy atom. The van der Waals surface area contributed by atoms with E-state index >= 15 is 0 Å². The molecule has 0 aromatic heterocycles. The Morgan fingerprint density at radius 2 is 2.05 bits per heavy atom. The van der Waals surface area contributed by atoms with E-state index in [9.17, 15) is 14.4 Å². The summed E-state index contributed by atoms with van der Waals surface area (Å²) in [5, 5.41) is 8.85. The van der Waals surface area contributed by atoms with Crippen LogP contribution < -0.4 is 0 Å². The van der Waals surface area contributed by atoms with Crippen LogP contribution in [0.25, 0.3) is 0 Å². The summed E-state index contributed by atoms with van der Waals surface area (Å²) in [6.45, 7) is 2.04. The highest BCUT2D eigenvalue weighted by Crippen LogP contribution is 2.22. The summed E-state index contributed by atoms with van der Waals surface area (Å²) in [4.78, 5) is 36.4. The van der Waals surface area contributed by atoms with E-state index in [1.54, 1.807) is 24.3 Å². The number of amides is 2. The zero-order valence-corrected chi connectivity index (χ0v) is 11.3. The van der Waals surface area contributed by atoms with Gasteiger partial charge >= 0.3 is 5.97 Å². The second kappa shape index (κ2) is 5.86. The van der Waals surface area contributed by atoms with Gasteiger partial charge in [-0.2, -0.15) is 0 Å². The molecule has 1 unspecified atom stereocenters. The number of hydrogen-bond donors (Lipinski definition) is 1. The molecule has 0 radical (unpaired) electrons. The lowest BCUT2D eigenvalue weighted by molar-refractivity contribution is -0.139. The van der Waals surface area contributed by atoms with Gasteiger partial charge in [-0.1, -0.05) is 31.5 Å². The van der Waals surface area contributed by atoms with E-state index in [1.165, 1.54) is 4.90 Å². The molecule has 20 heavy (non-hydrogen) atoms. The van der Waals surface area contributed by atoms with Crippen molar-refractivity contribution >= 4 is 17.8 Å². The number of carboxylic acid groups (broad SMARTS) is 1. The molecule has 1 N–H and O–H groups in total. The van der Waals surface area contributed by atoms with E-state index < -0.39 is 5.97 Å². The van der Waals surface area contributed by atoms with Gasteiger partial charge in [0.25, 0.3) is 5.91 Å². The first-order chi connectivity index (χ1) is 9.52. The van der Waals surface area contributed by atoms with E-state index in [0.29, 0.717) is 12.0 Å². The summed E-state index contributed by atoms with van der Waals surface area (Å²) in [7, 11) is 0. The van der Waals surface area contributed by atoms with Crippen LogP contribution in [0.2, 0.25) is 0 Å². The highest BCUT2D eigenvalue weighted by atomic mass is 16.4. The molecule has 1 aromatic rings. The summed E-state index contributed by atoms with van der Waals surface area (Å²) in [5.74, 6) is -1.68. The fourth-order valence-electron chi connectivity index (χ4n) is 2.43. The summed E-state index contributed by atoms with van der Waals surface area (Å²) in [6, 6.07) is 7.04. The lowest BCUT2D eigenvalue weighted by Gasteiger charge is -2.29. The molecule has 1 heterocycles. The van der Waals surface area contributed by atoms with Crippen LogP contribution in [-0.2, 0) is 16.0 Å². The van der Waals surface area contributed by atoms with Crippen molar-refractivity contribution in [3.05, 3.63) is 35.4 Å². The molecule has 0 saturated carbocycles. The molecule has 2 amide bonds. The van der Waals surface area contributed by atoms with Gasteiger partial charge in [-0.15, -0.1) is 0 Å². The maximum absolute atomic E-state index is 12.3. The molecule has 1 aliphatic heterocycles. The van der Waals surface area contributed by atoms with Crippen LogP contribution in [0.5, 0.6) is 0 Å². The lowest BCUT2D eigenvalue weighted by Crippen LogP contribution is -2.45. The number of hydrogen-bond acceptors (Lipinski definition) is 3. The van der Waals surface area contributed by atoms with Crippen molar-refractivity contribution < 1.29 is 19.5 Å². The molecule has 0 bridgehead atoms. The fourth-order valence-corrected chi connectivity index (χ4v) is 2.43. The van der Waals surface area contributed by atoms with Crippen molar-refractivity contribution in [2.75, 3.05) is 6.54 Å². The SMILES string of the molecule is CCC(CC(=O)O)CN1C(=O)Cc2ccccc2C1=O. The molecule has 2 rings (SSSR count). The van der Waals surface area contributed by atoms with Gasteiger partial charge in [0, 0.05) is 18.5 Å². The third kappa shape index (κ3) is 2.87. The predicted molar refractivity (Wildman–Crippen MR) is 72.2 cm³/mol. The van der Waals surface area contributed by atoms with E-state index in [1.807, 2.05) is 6.92 Å². The number of benzene rings is 1. The molecule has 0 spiro atoms. The number of imide groups is 1. The molecule has 1 aromatic carbocycles. The number of aliphatic carboxylic acids is 1. The van der Waals surface area contributed by atoms with Crippen molar-refractivity contribution in [3.8, 4) is 0 Å². The van der Waals surface area contributed by atoms with E-state index in [4.69, 9.17) is 5.11 Å². The Bertz CT molecular complexity index is 553. The van der Waals surface area contributed by atoms with Crippen LogP contribution >= 0.6 is 0 Å². The molecule has 106 valence electrons. The Hall–Kier alpha value is -2.17. The van der Waals surface area contributed by atoms with Gasteiger partial charge in [0.1, 0.15) is 0 Å². The third-order valence-corrected chi connectivity index (χ3v) is 3.62. The van der Waals surface area contributed by atoms with Gasteiger partial charge in [-0.25, -0.2) is 0 Å². The highest BCUT2D eigenvalue weighted by Gasteiger charge is 2.32. The van der Waals surface area contributed by atoms with Gasteiger partial charge < -0.3 is 5.11 Å². The zero-order chi connectivity index (χ0) is 14.7. The van der Waals surface area contributed by atoms with E-state index in [2.05, 4.69) is 0 Å². The lowest BCUT2D eigenvalue weighted by atomic mass is 9.95. The number of nitrogens with zero attached hydrogens (tertiary/aromatic N) is 1. The summed E-state index contributed by atoms with van der Waals surface area (Å²) in [6.07, 6.45) is 0.783. The van der Waals surface area contributed by atoms with Gasteiger partial charge in [-0.05, 0) is 17.5 Å².